The molecule has 0 amide bonds. The van der Waals surface area contributed by atoms with Crippen molar-refractivity contribution in [2.45, 2.75) is 58.2 Å². The molecule has 2 aromatic rings. The molecule has 0 radical (unpaired) electrons. The van der Waals surface area contributed by atoms with Crippen molar-refractivity contribution in [2.75, 3.05) is 13.0 Å². The summed E-state index contributed by atoms with van der Waals surface area (Å²) in [4.78, 5) is 31.3. The smallest absolute Gasteiger partial charge is 0.350 e. The van der Waals surface area contributed by atoms with Crippen LogP contribution in [0, 0.1) is 5.92 Å². The number of aryl methyl sites for hydroxylation is 1. The molecule has 0 aromatic carbocycles. The van der Waals surface area contributed by atoms with Crippen molar-refractivity contribution in [3.05, 3.63) is 17.8 Å². The Hall–Kier alpha value is -1.46. The van der Waals surface area contributed by atoms with Gasteiger partial charge in [0.1, 0.15) is 36.0 Å². The van der Waals surface area contributed by atoms with Crippen LogP contribution in [0.25, 0.3) is 11.2 Å². The molecule has 0 bridgehead atoms. The average molecular weight is 430 g/mol. The highest BCUT2D eigenvalue weighted by atomic mass is 31.2. The quantitative estimate of drug-likeness (QED) is 0.431. The minimum absolute atomic E-state index is 0.278. The minimum Gasteiger partial charge on any atom is -0.387 e. The van der Waals surface area contributed by atoms with Gasteiger partial charge in [0.2, 0.25) is 0 Å². The third-order valence-corrected chi connectivity index (χ3v) is 5.13. The zero-order valence-corrected chi connectivity index (χ0v) is 17.4. The number of aliphatic hydroxyl groups excluding tert-OH is 2. The molecule has 0 saturated carbocycles. The largest absolute Gasteiger partial charge is 0.387 e. The molecule has 1 saturated heterocycles. The maximum Gasteiger partial charge on any atom is 0.350 e. The van der Waals surface area contributed by atoms with Crippen LogP contribution < -0.4 is 0 Å². The molecule has 0 unspecified atom stereocenters. The summed E-state index contributed by atoms with van der Waals surface area (Å²) in [7, 11) is -4.33. The summed E-state index contributed by atoms with van der Waals surface area (Å²) >= 11 is 0. The van der Waals surface area contributed by atoms with Crippen molar-refractivity contribution in [1.82, 2.24) is 19.5 Å². The van der Waals surface area contributed by atoms with Crippen LogP contribution in [0.2, 0.25) is 0 Å². The first kappa shape index (κ1) is 22.2. The van der Waals surface area contributed by atoms with Crippen molar-refractivity contribution in [3.63, 3.8) is 0 Å². The fourth-order valence-corrected chi connectivity index (χ4v) is 3.63. The summed E-state index contributed by atoms with van der Waals surface area (Å²) in [6, 6.07) is 0. The summed E-state index contributed by atoms with van der Waals surface area (Å²) in [6.45, 7) is 5.83. The fraction of sp³-hybridized carbons (Fsp3) is 0.706. The van der Waals surface area contributed by atoms with E-state index in [1.165, 1.54) is 6.33 Å². The predicted octanol–water partition coefficient (Wildman–Crippen LogP) is 0.358. The first-order chi connectivity index (χ1) is 13.6. The normalized spacial score (nSPS) is 25.4. The number of imidazole rings is 1. The Balaban J connectivity index is 1.87. The molecule has 4 N–H and O–H groups in total. The molecule has 1 aliphatic rings. The Morgan fingerprint density at radius 2 is 2.00 bits per heavy atom. The van der Waals surface area contributed by atoms with Gasteiger partial charge >= 0.3 is 7.60 Å². The van der Waals surface area contributed by atoms with E-state index < -0.39 is 38.5 Å². The van der Waals surface area contributed by atoms with E-state index in [1.807, 2.05) is 6.92 Å². The molecule has 3 heterocycles. The Bertz CT molecular complexity index is 899. The molecule has 162 valence electrons. The lowest BCUT2D eigenvalue weighted by Gasteiger charge is -2.17. The molecule has 12 heteroatoms. The van der Waals surface area contributed by atoms with Crippen LogP contribution in [0.1, 0.15) is 38.5 Å². The summed E-state index contributed by atoms with van der Waals surface area (Å²) in [6.07, 6.45) is -2.46. The molecular weight excluding hydrogens is 403 g/mol. The van der Waals surface area contributed by atoms with Gasteiger partial charge in [-0.15, -0.1) is 0 Å². The van der Waals surface area contributed by atoms with E-state index in [0.29, 0.717) is 29.3 Å². The van der Waals surface area contributed by atoms with Crippen molar-refractivity contribution in [3.8, 4) is 0 Å². The van der Waals surface area contributed by atoms with E-state index in [1.54, 1.807) is 4.57 Å². The van der Waals surface area contributed by atoms with Gasteiger partial charge in [0.05, 0.1) is 18.6 Å². The van der Waals surface area contributed by atoms with Gasteiger partial charge in [-0.3, -0.25) is 9.13 Å². The SMILES string of the molecule is CCc1nc(CC(C)C)c2ncn([C@@H]3O[C@H](COCP(=O)(O)O)[C@@H](O)[C@H]3O)c2n1. The highest BCUT2D eigenvalue weighted by Gasteiger charge is 2.44. The number of rotatable bonds is 8. The maximum atomic E-state index is 10.9. The number of fused-ring (bicyclic) bond motifs is 1. The van der Waals surface area contributed by atoms with Crippen LogP contribution >= 0.6 is 7.60 Å². The van der Waals surface area contributed by atoms with Gasteiger partial charge in [-0.2, -0.15) is 0 Å². The van der Waals surface area contributed by atoms with Gasteiger partial charge in [-0.05, 0) is 12.3 Å². The van der Waals surface area contributed by atoms with Crippen LogP contribution in [0.5, 0.6) is 0 Å². The van der Waals surface area contributed by atoms with Gasteiger partial charge in [-0.25, -0.2) is 15.0 Å². The van der Waals surface area contributed by atoms with E-state index in [9.17, 15) is 14.8 Å². The molecule has 3 rings (SSSR count). The van der Waals surface area contributed by atoms with Crippen molar-refractivity contribution in [2.24, 2.45) is 5.92 Å². The number of aliphatic hydroxyl groups is 2. The third-order valence-electron chi connectivity index (χ3n) is 4.61. The van der Waals surface area contributed by atoms with E-state index in [-0.39, 0.29) is 6.61 Å². The molecular formula is C17H27N4O7P. The molecule has 2 aromatic heterocycles. The second kappa shape index (κ2) is 8.73. The van der Waals surface area contributed by atoms with Crippen LogP contribution in [-0.2, 0) is 26.9 Å². The second-order valence-corrected chi connectivity index (χ2v) is 9.16. The minimum atomic E-state index is -4.33. The van der Waals surface area contributed by atoms with Crippen LogP contribution in [-0.4, -0.2) is 70.8 Å². The van der Waals surface area contributed by atoms with Crippen LogP contribution in [0.3, 0.4) is 0 Å². The Morgan fingerprint density at radius 1 is 1.28 bits per heavy atom. The molecule has 1 aliphatic heterocycles. The zero-order valence-electron chi connectivity index (χ0n) is 16.5. The number of hydrogen-bond acceptors (Lipinski definition) is 8. The Morgan fingerprint density at radius 3 is 2.62 bits per heavy atom. The Kier molecular flexibility index (Phi) is 6.69. The maximum absolute atomic E-state index is 10.9. The fourth-order valence-electron chi connectivity index (χ4n) is 3.28. The van der Waals surface area contributed by atoms with Crippen LogP contribution in [0.4, 0.5) is 0 Å². The van der Waals surface area contributed by atoms with Gasteiger partial charge in [0.15, 0.2) is 11.9 Å². The summed E-state index contributed by atoms with van der Waals surface area (Å²) in [5, 5.41) is 20.8. The summed E-state index contributed by atoms with van der Waals surface area (Å²) in [5.74, 6) is 1.01. The second-order valence-electron chi connectivity index (χ2n) is 7.57. The van der Waals surface area contributed by atoms with Crippen LogP contribution in [0.15, 0.2) is 6.33 Å². The highest BCUT2D eigenvalue weighted by molar-refractivity contribution is 7.51. The first-order valence-electron chi connectivity index (χ1n) is 9.47. The monoisotopic (exact) mass is 430 g/mol. The van der Waals surface area contributed by atoms with Gasteiger partial charge in [-0.1, -0.05) is 20.8 Å². The number of ether oxygens (including phenoxy) is 2. The molecule has 1 fully saturated rings. The van der Waals surface area contributed by atoms with Gasteiger partial charge in [0.25, 0.3) is 0 Å². The summed E-state index contributed by atoms with van der Waals surface area (Å²) < 4.78 is 23.1. The number of nitrogens with zero attached hydrogens (tertiary/aromatic N) is 4. The third kappa shape index (κ3) is 5.00. The number of hydrogen-bond donors (Lipinski definition) is 4. The van der Waals surface area contributed by atoms with Gasteiger partial charge in [0, 0.05) is 6.42 Å². The van der Waals surface area contributed by atoms with E-state index in [0.717, 1.165) is 12.1 Å². The molecule has 0 aliphatic carbocycles. The Labute approximate surface area is 167 Å². The van der Waals surface area contributed by atoms with E-state index in [2.05, 4.69) is 28.8 Å². The van der Waals surface area contributed by atoms with E-state index in [4.69, 9.17) is 19.3 Å². The predicted molar refractivity (Wildman–Crippen MR) is 102 cm³/mol. The highest BCUT2D eigenvalue weighted by Crippen LogP contribution is 2.36. The lowest BCUT2D eigenvalue weighted by molar-refractivity contribution is -0.0613. The summed E-state index contributed by atoms with van der Waals surface area (Å²) in [5.41, 5.74) is 1.93. The molecule has 29 heavy (non-hydrogen) atoms. The number of aromatic nitrogens is 4. The van der Waals surface area contributed by atoms with Crippen molar-refractivity contribution in [1.29, 1.82) is 0 Å². The molecule has 0 spiro atoms. The standard InChI is InChI=1S/C17H27N4O7P/c1-4-12-19-10(5-9(2)3)13-16(20-12)21(7-18-13)17-15(23)14(22)11(28-17)6-27-8-29(24,25)26/h7,9,11,14-15,17,22-23H,4-6,8H2,1-3H3,(H2,24,25,26)/t11-,14-,15-,17-/m1/s1. The van der Waals surface area contributed by atoms with Crippen molar-refractivity contribution < 1.29 is 34.0 Å². The lowest BCUT2D eigenvalue weighted by Crippen LogP contribution is -2.34. The molecule has 4 atom stereocenters. The molecule has 11 nitrogen and oxygen atoms in total. The topological polar surface area (TPSA) is 160 Å². The average Bonchev–Trinajstić information content (AvgIpc) is 3.16. The van der Waals surface area contributed by atoms with E-state index >= 15 is 0 Å². The zero-order chi connectivity index (χ0) is 21.3. The first-order valence-corrected chi connectivity index (χ1v) is 11.3. The van der Waals surface area contributed by atoms with Gasteiger partial charge < -0.3 is 29.5 Å². The lowest BCUT2D eigenvalue weighted by atomic mass is 10.1. The van der Waals surface area contributed by atoms with Crippen molar-refractivity contribution >= 4 is 18.8 Å².